The number of benzene rings is 2. The van der Waals surface area contributed by atoms with Gasteiger partial charge in [0.25, 0.3) is 11.7 Å². The smallest absolute Gasteiger partial charge is 0.295 e. The molecule has 3 aromatic rings. The monoisotopic (exact) mass is 414 g/mol. The summed E-state index contributed by atoms with van der Waals surface area (Å²) in [7, 11) is 1.97. The molecule has 2 heterocycles. The first-order valence-electron chi connectivity index (χ1n) is 10.9. The predicted molar refractivity (Wildman–Crippen MR) is 120 cm³/mol. The van der Waals surface area contributed by atoms with Gasteiger partial charge >= 0.3 is 0 Å². The topological polar surface area (TPSA) is 62.5 Å². The van der Waals surface area contributed by atoms with Crippen LogP contribution in [-0.2, 0) is 16.6 Å². The first-order chi connectivity index (χ1) is 15.0. The third-order valence-electron chi connectivity index (χ3n) is 6.75. The van der Waals surface area contributed by atoms with Crippen molar-refractivity contribution in [2.24, 2.45) is 7.05 Å². The Morgan fingerprint density at radius 3 is 2.39 bits per heavy atom. The van der Waals surface area contributed by atoms with E-state index in [9.17, 15) is 14.7 Å². The van der Waals surface area contributed by atoms with Gasteiger partial charge in [-0.3, -0.25) is 9.59 Å². The summed E-state index contributed by atoms with van der Waals surface area (Å²) in [6.07, 6.45) is 5.87. The van der Waals surface area contributed by atoms with Crippen LogP contribution in [0.5, 0.6) is 0 Å². The number of para-hydroxylation sites is 1. The fraction of sp³-hybridized carbons (Fsp3) is 0.308. The van der Waals surface area contributed by atoms with Gasteiger partial charge in [0, 0.05) is 41.3 Å². The number of aliphatic hydroxyl groups is 1. The van der Waals surface area contributed by atoms with Gasteiger partial charge in [0.15, 0.2) is 0 Å². The van der Waals surface area contributed by atoms with Gasteiger partial charge in [0.1, 0.15) is 5.76 Å². The first kappa shape index (κ1) is 19.6. The number of aromatic nitrogens is 1. The second-order valence-electron chi connectivity index (χ2n) is 8.72. The molecule has 1 saturated heterocycles. The van der Waals surface area contributed by atoms with Gasteiger partial charge < -0.3 is 14.6 Å². The van der Waals surface area contributed by atoms with E-state index in [1.54, 1.807) is 17.0 Å². The lowest BCUT2D eigenvalue weighted by Crippen LogP contribution is -2.37. The number of hydrogen-bond acceptors (Lipinski definition) is 3. The van der Waals surface area contributed by atoms with E-state index in [-0.39, 0.29) is 17.4 Å². The fourth-order valence-electron chi connectivity index (χ4n) is 5.17. The average molecular weight is 415 g/mol. The zero-order valence-corrected chi connectivity index (χ0v) is 17.8. The Bertz CT molecular complexity index is 1210. The van der Waals surface area contributed by atoms with Crippen LogP contribution in [-0.4, -0.2) is 32.3 Å². The number of carbonyl (C=O) groups is 2. The van der Waals surface area contributed by atoms with Crippen molar-refractivity contribution in [1.29, 1.82) is 0 Å². The highest BCUT2D eigenvalue weighted by Crippen LogP contribution is 2.45. The third kappa shape index (κ3) is 3.07. The SMILES string of the molecule is Cc1ccc(/C(O)=C2\C(=O)C(=O)N(C3CCCC3)C2c2cn(C)c3ccccc23)cc1. The number of rotatable bonds is 3. The van der Waals surface area contributed by atoms with Crippen LogP contribution in [0.1, 0.15) is 48.4 Å². The minimum absolute atomic E-state index is 0.0173. The van der Waals surface area contributed by atoms with E-state index in [0.717, 1.165) is 47.7 Å². The lowest BCUT2D eigenvalue weighted by atomic mass is 9.94. The summed E-state index contributed by atoms with van der Waals surface area (Å²) < 4.78 is 2.02. The molecular formula is C26H26N2O3. The molecule has 1 saturated carbocycles. The molecule has 1 atom stereocenters. The van der Waals surface area contributed by atoms with Crippen LogP contribution in [0.4, 0.5) is 0 Å². The Morgan fingerprint density at radius 2 is 1.68 bits per heavy atom. The normalized spacial score (nSPS) is 21.5. The molecule has 0 radical (unpaired) electrons. The van der Waals surface area contributed by atoms with Crippen LogP contribution in [0.3, 0.4) is 0 Å². The number of ketones is 1. The van der Waals surface area contributed by atoms with Gasteiger partial charge in [-0.1, -0.05) is 60.9 Å². The number of fused-ring (bicyclic) bond motifs is 1. The number of amides is 1. The van der Waals surface area contributed by atoms with Gasteiger partial charge in [0.05, 0.1) is 11.6 Å². The summed E-state index contributed by atoms with van der Waals surface area (Å²) in [5.41, 5.74) is 3.73. The largest absolute Gasteiger partial charge is 0.507 e. The zero-order valence-electron chi connectivity index (χ0n) is 17.8. The number of aryl methyl sites for hydroxylation is 2. The standard InChI is InChI=1S/C26H26N2O3/c1-16-11-13-17(14-12-16)24(29)22-23(20-15-27(2)21-10-6-5-9-19(20)21)28(26(31)25(22)30)18-7-3-4-8-18/h5-6,9-15,18,23,29H,3-4,7-8H2,1-2H3/b24-22+. The van der Waals surface area contributed by atoms with Crippen LogP contribution in [0.2, 0.25) is 0 Å². The fourth-order valence-corrected chi connectivity index (χ4v) is 5.17. The Kier molecular flexibility index (Phi) is 4.69. The van der Waals surface area contributed by atoms with Crippen molar-refractivity contribution in [3.05, 3.63) is 77.0 Å². The van der Waals surface area contributed by atoms with Gasteiger partial charge in [-0.2, -0.15) is 0 Å². The molecule has 5 heteroatoms. The summed E-state index contributed by atoms with van der Waals surface area (Å²) in [5, 5.41) is 12.2. The summed E-state index contributed by atoms with van der Waals surface area (Å²) in [5.74, 6) is -1.20. The van der Waals surface area contributed by atoms with Crippen molar-refractivity contribution in [2.45, 2.75) is 44.7 Å². The molecule has 0 bridgehead atoms. The van der Waals surface area contributed by atoms with Gasteiger partial charge in [-0.25, -0.2) is 0 Å². The maximum Gasteiger partial charge on any atom is 0.295 e. The third-order valence-corrected chi connectivity index (χ3v) is 6.75. The molecule has 1 unspecified atom stereocenters. The van der Waals surface area contributed by atoms with E-state index in [1.165, 1.54) is 0 Å². The summed E-state index contributed by atoms with van der Waals surface area (Å²) in [6, 6.07) is 14.8. The maximum absolute atomic E-state index is 13.3. The molecule has 2 aromatic carbocycles. The van der Waals surface area contributed by atoms with Crippen molar-refractivity contribution < 1.29 is 14.7 Å². The van der Waals surface area contributed by atoms with Crippen LogP contribution >= 0.6 is 0 Å². The second kappa shape index (κ2) is 7.41. The molecule has 31 heavy (non-hydrogen) atoms. The van der Waals surface area contributed by atoms with Crippen LogP contribution in [0.15, 0.2) is 60.3 Å². The van der Waals surface area contributed by atoms with Crippen molar-refractivity contribution in [1.82, 2.24) is 9.47 Å². The van der Waals surface area contributed by atoms with Crippen LogP contribution < -0.4 is 0 Å². The second-order valence-corrected chi connectivity index (χ2v) is 8.72. The molecule has 0 spiro atoms. The average Bonchev–Trinajstić information content (AvgIpc) is 3.47. The highest BCUT2D eigenvalue weighted by molar-refractivity contribution is 6.46. The number of carbonyl (C=O) groups excluding carboxylic acids is 2. The minimum atomic E-state index is -0.595. The Morgan fingerprint density at radius 1 is 1.00 bits per heavy atom. The molecule has 2 aliphatic rings. The Balaban J connectivity index is 1.75. The van der Waals surface area contributed by atoms with Gasteiger partial charge in [-0.15, -0.1) is 0 Å². The van der Waals surface area contributed by atoms with Crippen molar-refractivity contribution >= 4 is 28.4 Å². The minimum Gasteiger partial charge on any atom is -0.507 e. The lowest BCUT2D eigenvalue weighted by molar-refractivity contribution is -0.141. The molecule has 1 aliphatic heterocycles. The summed E-state index contributed by atoms with van der Waals surface area (Å²) in [4.78, 5) is 28.3. The van der Waals surface area contributed by atoms with E-state index < -0.39 is 17.7 Å². The molecule has 1 amide bonds. The van der Waals surface area contributed by atoms with Gasteiger partial charge in [-0.05, 0) is 25.8 Å². The molecule has 1 aromatic heterocycles. The highest BCUT2D eigenvalue weighted by Gasteiger charge is 2.49. The van der Waals surface area contributed by atoms with E-state index in [1.807, 2.05) is 61.1 Å². The van der Waals surface area contributed by atoms with Crippen LogP contribution in [0, 0.1) is 6.92 Å². The molecule has 1 N–H and O–H groups in total. The van der Waals surface area contributed by atoms with Crippen molar-refractivity contribution in [3.63, 3.8) is 0 Å². The Hall–Kier alpha value is -3.34. The van der Waals surface area contributed by atoms with Crippen molar-refractivity contribution in [2.75, 3.05) is 0 Å². The molecule has 5 nitrogen and oxygen atoms in total. The Labute approximate surface area is 181 Å². The molecule has 1 aliphatic carbocycles. The quantitative estimate of drug-likeness (QED) is 0.379. The number of nitrogens with zero attached hydrogens (tertiary/aromatic N) is 2. The lowest BCUT2D eigenvalue weighted by Gasteiger charge is -2.30. The number of hydrogen-bond donors (Lipinski definition) is 1. The van der Waals surface area contributed by atoms with Crippen LogP contribution in [0.25, 0.3) is 16.7 Å². The van der Waals surface area contributed by atoms with E-state index in [2.05, 4.69) is 0 Å². The zero-order chi connectivity index (χ0) is 21.7. The van der Waals surface area contributed by atoms with E-state index >= 15 is 0 Å². The molecule has 5 rings (SSSR count). The number of Topliss-reactive ketones (excluding diaryl/α,β-unsaturated/α-hetero) is 1. The first-order valence-corrected chi connectivity index (χ1v) is 10.9. The van der Waals surface area contributed by atoms with E-state index in [0.29, 0.717) is 5.56 Å². The maximum atomic E-state index is 13.3. The van der Waals surface area contributed by atoms with Gasteiger partial charge in [0.2, 0.25) is 0 Å². The van der Waals surface area contributed by atoms with Crippen molar-refractivity contribution in [3.8, 4) is 0 Å². The summed E-state index contributed by atoms with van der Waals surface area (Å²) >= 11 is 0. The highest BCUT2D eigenvalue weighted by atomic mass is 16.3. The number of likely N-dealkylation sites (tertiary alicyclic amines) is 1. The summed E-state index contributed by atoms with van der Waals surface area (Å²) in [6.45, 7) is 1.97. The molecule has 2 fully saturated rings. The number of aliphatic hydroxyl groups excluding tert-OH is 1. The van der Waals surface area contributed by atoms with E-state index in [4.69, 9.17) is 0 Å². The molecule has 158 valence electrons. The predicted octanol–water partition coefficient (Wildman–Crippen LogP) is 4.85. The molecular weight excluding hydrogens is 388 g/mol.